The Labute approximate surface area is 202 Å². The average molecular weight is 504 g/mol. The fraction of sp³-hybridized carbons (Fsp3) is 0.261. The molecular formula is C23H20F3N5O3S. The van der Waals surface area contributed by atoms with Crippen LogP contribution in [0.15, 0.2) is 53.6 Å². The molecule has 12 heteroatoms. The number of amides is 1. The van der Waals surface area contributed by atoms with Crippen molar-refractivity contribution in [3.63, 3.8) is 0 Å². The van der Waals surface area contributed by atoms with E-state index in [9.17, 15) is 28.3 Å². The molecule has 182 valence electrons. The van der Waals surface area contributed by atoms with Crippen molar-refractivity contribution < 1.29 is 27.8 Å². The lowest BCUT2D eigenvalue weighted by Crippen LogP contribution is -2.47. The van der Waals surface area contributed by atoms with Gasteiger partial charge < -0.3 is 20.1 Å². The summed E-state index contributed by atoms with van der Waals surface area (Å²) in [5.74, 6) is -0.0505. The second-order valence-electron chi connectivity index (χ2n) is 7.77. The van der Waals surface area contributed by atoms with Crippen LogP contribution in [0.5, 0.6) is 5.75 Å². The van der Waals surface area contributed by atoms with Gasteiger partial charge in [0.2, 0.25) is 0 Å². The zero-order valence-corrected chi connectivity index (χ0v) is 19.4. The summed E-state index contributed by atoms with van der Waals surface area (Å²) in [6.07, 6.45) is 0.172. The Balaban J connectivity index is 1.58. The summed E-state index contributed by atoms with van der Waals surface area (Å²) >= 11 is -0.224. The van der Waals surface area contributed by atoms with Crippen molar-refractivity contribution in [2.75, 3.05) is 17.3 Å². The molecule has 0 saturated heterocycles. The van der Waals surface area contributed by atoms with Crippen LogP contribution in [-0.2, 0) is 6.54 Å². The van der Waals surface area contributed by atoms with Crippen LogP contribution in [0.4, 0.5) is 24.5 Å². The molecule has 0 spiro atoms. The minimum Gasteiger partial charge on any atom is -0.495 e. The van der Waals surface area contributed by atoms with Crippen molar-refractivity contribution in [3.05, 3.63) is 65.5 Å². The molecule has 3 aromatic rings. The number of nitrogens with one attached hydrogen (secondary N) is 1. The maximum absolute atomic E-state index is 13.4. The van der Waals surface area contributed by atoms with Gasteiger partial charge in [-0.05, 0) is 55.1 Å². The number of aliphatic hydroxyl groups excluding tert-OH is 1. The lowest BCUT2D eigenvalue weighted by atomic mass is 10.1. The number of ether oxygens (including phenoxy) is 1. The van der Waals surface area contributed by atoms with Gasteiger partial charge in [0.15, 0.2) is 6.23 Å². The number of nitriles is 1. The normalized spacial score (nSPS) is 16.4. The van der Waals surface area contributed by atoms with Crippen LogP contribution in [0.3, 0.4) is 0 Å². The van der Waals surface area contributed by atoms with Gasteiger partial charge in [0, 0.05) is 16.1 Å². The molecular weight excluding hydrogens is 483 g/mol. The average Bonchev–Trinajstić information content (AvgIpc) is 3.21. The monoisotopic (exact) mass is 503 g/mol. The van der Waals surface area contributed by atoms with Crippen molar-refractivity contribution in [3.8, 4) is 11.8 Å². The Kier molecular flexibility index (Phi) is 6.64. The summed E-state index contributed by atoms with van der Waals surface area (Å²) in [6, 6.07) is 11.9. The smallest absolute Gasteiger partial charge is 0.446 e. The zero-order valence-electron chi connectivity index (χ0n) is 18.6. The Morgan fingerprint density at radius 1 is 1.29 bits per heavy atom. The highest BCUT2D eigenvalue weighted by atomic mass is 32.2. The Hall–Kier alpha value is -3.69. The van der Waals surface area contributed by atoms with Crippen LogP contribution in [0.25, 0.3) is 0 Å². The number of aromatic nitrogens is 2. The van der Waals surface area contributed by atoms with Crippen LogP contribution in [0.1, 0.15) is 34.8 Å². The number of benzene rings is 2. The summed E-state index contributed by atoms with van der Waals surface area (Å²) in [5.41, 5.74) is -2.86. The number of hydrogen-bond donors (Lipinski definition) is 2. The minimum atomic E-state index is -4.40. The number of carbonyl (C=O) groups excluding carboxylic acids is 1. The molecule has 0 aliphatic carbocycles. The van der Waals surface area contributed by atoms with E-state index in [1.54, 1.807) is 12.1 Å². The van der Waals surface area contributed by atoms with Crippen molar-refractivity contribution >= 4 is 29.0 Å². The summed E-state index contributed by atoms with van der Waals surface area (Å²) in [4.78, 5) is 14.9. The molecule has 0 radical (unpaired) electrons. The van der Waals surface area contributed by atoms with Crippen LogP contribution in [-0.4, -0.2) is 39.5 Å². The number of halogens is 3. The standard InChI is InChI=1S/C23H20F3N5O3S/c1-13-12-30-20(22(33)31(13)16-4-6-17(7-5-16)35-23(24,25)26)18(11-28-30)29-21(32)14-3-8-19(34-2)15(9-14)10-27/h3-9,11,13,21,29,32H,12H2,1-2H3/t13-,21?/m0/s1. The van der Waals surface area contributed by atoms with Gasteiger partial charge in [0.25, 0.3) is 5.91 Å². The van der Waals surface area contributed by atoms with Gasteiger partial charge >= 0.3 is 5.51 Å². The number of thioether (sulfide) groups is 1. The second kappa shape index (κ2) is 9.52. The number of hydrogen-bond acceptors (Lipinski definition) is 7. The Morgan fingerprint density at radius 2 is 2.00 bits per heavy atom. The molecule has 1 amide bonds. The SMILES string of the molecule is COc1ccc(C(O)Nc2cnn3c2C(=O)N(c2ccc(SC(F)(F)F)cc2)[C@@H](C)C3)cc1C#N. The summed E-state index contributed by atoms with van der Waals surface area (Å²) in [5, 5.41) is 27.1. The molecule has 8 nitrogen and oxygen atoms in total. The maximum atomic E-state index is 13.4. The number of carbonyl (C=O) groups is 1. The third-order valence-corrected chi connectivity index (χ3v) is 6.18. The lowest BCUT2D eigenvalue weighted by molar-refractivity contribution is -0.0328. The number of alkyl halides is 3. The van der Waals surface area contributed by atoms with Gasteiger partial charge in [0.05, 0.1) is 37.1 Å². The van der Waals surface area contributed by atoms with Gasteiger partial charge in [-0.3, -0.25) is 9.48 Å². The number of fused-ring (bicyclic) bond motifs is 1. The summed E-state index contributed by atoms with van der Waals surface area (Å²) in [6.45, 7) is 2.16. The zero-order chi connectivity index (χ0) is 25.3. The van der Waals surface area contributed by atoms with E-state index in [1.165, 1.54) is 53.2 Å². The first-order valence-corrected chi connectivity index (χ1v) is 11.2. The molecule has 2 heterocycles. The Morgan fingerprint density at radius 3 is 2.63 bits per heavy atom. The predicted octanol–water partition coefficient (Wildman–Crippen LogP) is 4.53. The van der Waals surface area contributed by atoms with E-state index in [1.807, 2.05) is 13.0 Å². The molecule has 4 rings (SSSR count). The van der Waals surface area contributed by atoms with Gasteiger partial charge in [-0.15, -0.1) is 0 Å². The highest BCUT2D eigenvalue weighted by molar-refractivity contribution is 8.00. The number of anilines is 2. The van der Waals surface area contributed by atoms with E-state index in [4.69, 9.17) is 4.74 Å². The fourth-order valence-electron chi connectivity index (χ4n) is 3.90. The topological polar surface area (TPSA) is 103 Å². The van der Waals surface area contributed by atoms with E-state index in [2.05, 4.69) is 10.4 Å². The molecule has 1 aromatic heterocycles. The van der Waals surface area contributed by atoms with Gasteiger partial charge in [-0.25, -0.2) is 0 Å². The number of methoxy groups -OCH3 is 1. The summed E-state index contributed by atoms with van der Waals surface area (Å²) in [7, 11) is 1.44. The van der Waals surface area contributed by atoms with E-state index < -0.39 is 17.6 Å². The van der Waals surface area contributed by atoms with Crippen molar-refractivity contribution in [1.82, 2.24) is 9.78 Å². The van der Waals surface area contributed by atoms with Crippen LogP contribution in [0.2, 0.25) is 0 Å². The highest BCUT2D eigenvalue weighted by Crippen LogP contribution is 2.38. The van der Waals surface area contributed by atoms with Crippen molar-refractivity contribution in [1.29, 1.82) is 5.26 Å². The van der Waals surface area contributed by atoms with Gasteiger partial charge in [-0.2, -0.15) is 23.5 Å². The molecule has 2 atom stereocenters. The number of aliphatic hydroxyl groups is 1. The van der Waals surface area contributed by atoms with Gasteiger partial charge in [0.1, 0.15) is 17.5 Å². The molecule has 0 fully saturated rings. The Bertz CT molecular complexity index is 1290. The quantitative estimate of drug-likeness (QED) is 0.376. The maximum Gasteiger partial charge on any atom is 0.446 e. The molecule has 1 unspecified atom stereocenters. The van der Waals surface area contributed by atoms with Crippen LogP contribution in [0, 0.1) is 11.3 Å². The molecule has 2 N–H and O–H groups in total. The lowest BCUT2D eigenvalue weighted by Gasteiger charge is -2.34. The van der Waals surface area contributed by atoms with E-state index in [0.29, 0.717) is 23.5 Å². The molecule has 0 bridgehead atoms. The van der Waals surface area contributed by atoms with Crippen molar-refractivity contribution in [2.45, 2.75) is 36.1 Å². The minimum absolute atomic E-state index is 0.0186. The molecule has 1 aliphatic heterocycles. The number of nitrogens with zero attached hydrogens (tertiary/aromatic N) is 4. The fourth-order valence-corrected chi connectivity index (χ4v) is 4.43. The van der Waals surface area contributed by atoms with Crippen LogP contribution >= 0.6 is 11.8 Å². The summed E-state index contributed by atoms with van der Waals surface area (Å²) < 4.78 is 44.6. The first kappa shape index (κ1) is 24.4. The first-order chi connectivity index (χ1) is 16.6. The van der Waals surface area contributed by atoms with E-state index in [-0.39, 0.29) is 39.6 Å². The molecule has 35 heavy (non-hydrogen) atoms. The number of rotatable bonds is 6. The highest BCUT2D eigenvalue weighted by Gasteiger charge is 2.35. The van der Waals surface area contributed by atoms with Crippen molar-refractivity contribution in [2.24, 2.45) is 0 Å². The van der Waals surface area contributed by atoms with E-state index >= 15 is 0 Å². The third-order valence-electron chi connectivity index (χ3n) is 5.44. The molecule has 2 aromatic carbocycles. The molecule has 0 saturated carbocycles. The second-order valence-corrected chi connectivity index (χ2v) is 8.91. The predicted molar refractivity (Wildman–Crippen MR) is 123 cm³/mol. The van der Waals surface area contributed by atoms with Gasteiger partial charge in [-0.1, -0.05) is 6.07 Å². The van der Waals surface area contributed by atoms with Crippen LogP contribution < -0.4 is 15.0 Å². The first-order valence-electron chi connectivity index (χ1n) is 10.4. The van der Waals surface area contributed by atoms with E-state index in [0.717, 1.165) is 0 Å². The molecule has 1 aliphatic rings. The third kappa shape index (κ3) is 5.06. The largest absolute Gasteiger partial charge is 0.495 e.